The van der Waals surface area contributed by atoms with Crippen molar-refractivity contribution in [1.82, 2.24) is 0 Å². The average molecular weight is 223 g/mol. The molecule has 2 aromatic rings. The van der Waals surface area contributed by atoms with E-state index in [0.29, 0.717) is 5.56 Å². The zero-order valence-electron chi connectivity index (χ0n) is 9.90. The lowest BCUT2D eigenvalue weighted by Crippen LogP contribution is -1.89. The van der Waals surface area contributed by atoms with E-state index in [2.05, 4.69) is 12.1 Å². The number of rotatable bonds is 2. The van der Waals surface area contributed by atoms with Crippen molar-refractivity contribution in [3.05, 3.63) is 53.6 Å². The fourth-order valence-electron chi connectivity index (χ4n) is 1.80. The second-order valence-electron chi connectivity index (χ2n) is 3.90. The van der Waals surface area contributed by atoms with Gasteiger partial charge in [0.2, 0.25) is 0 Å². The Labute approximate surface area is 101 Å². The monoisotopic (exact) mass is 223 g/mol. The zero-order chi connectivity index (χ0) is 12.3. The standard InChI is InChI=1S/C15H13NO/c1-11-6-7-15(17-2)14(8-11)13-5-3-4-12(9-13)10-16/h3-9H,1-2H3. The third kappa shape index (κ3) is 2.29. The summed E-state index contributed by atoms with van der Waals surface area (Å²) in [7, 11) is 1.66. The zero-order valence-corrected chi connectivity index (χ0v) is 9.90. The second kappa shape index (κ2) is 4.71. The molecule has 2 rings (SSSR count). The summed E-state index contributed by atoms with van der Waals surface area (Å²) in [6, 6.07) is 15.7. The molecule has 0 aliphatic rings. The van der Waals surface area contributed by atoms with Gasteiger partial charge in [0.05, 0.1) is 18.7 Å². The van der Waals surface area contributed by atoms with Gasteiger partial charge in [0.25, 0.3) is 0 Å². The maximum atomic E-state index is 8.91. The number of methoxy groups -OCH3 is 1. The molecule has 0 aromatic heterocycles. The molecule has 0 amide bonds. The van der Waals surface area contributed by atoms with Gasteiger partial charge in [0.1, 0.15) is 5.75 Å². The van der Waals surface area contributed by atoms with Gasteiger partial charge in [-0.05, 0) is 36.8 Å². The van der Waals surface area contributed by atoms with Crippen molar-refractivity contribution in [3.63, 3.8) is 0 Å². The molecule has 0 aliphatic heterocycles. The molecular weight excluding hydrogens is 210 g/mol. The lowest BCUT2D eigenvalue weighted by molar-refractivity contribution is 0.416. The van der Waals surface area contributed by atoms with Crippen LogP contribution in [0.5, 0.6) is 5.75 Å². The van der Waals surface area contributed by atoms with E-state index in [4.69, 9.17) is 10.00 Å². The van der Waals surface area contributed by atoms with Crippen molar-refractivity contribution in [2.24, 2.45) is 0 Å². The number of ether oxygens (including phenoxy) is 1. The van der Waals surface area contributed by atoms with Crippen molar-refractivity contribution in [1.29, 1.82) is 5.26 Å². The Kier molecular flexibility index (Phi) is 3.11. The Morgan fingerprint density at radius 1 is 1.12 bits per heavy atom. The fraction of sp³-hybridized carbons (Fsp3) is 0.133. The molecule has 2 nitrogen and oxygen atoms in total. The smallest absolute Gasteiger partial charge is 0.126 e. The normalized spacial score (nSPS) is 9.71. The number of nitriles is 1. The van der Waals surface area contributed by atoms with Crippen LogP contribution in [0.15, 0.2) is 42.5 Å². The molecule has 2 heteroatoms. The van der Waals surface area contributed by atoms with Crippen molar-refractivity contribution < 1.29 is 4.74 Å². The van der Waals surface area contributed by atoms with E-state index >= 15 is 0 Å². The Morgan fingerprint density at radius 3 is 2.65 bits per heavy atom. The third-order valence-electron chi connectivity index (χ3n) is 2.66. The molecule has 0 unspecified atom stereocenters. The Bertz CT molecular complexity index is 582. The predicted octanol–water partition coefficient (Wildman–Crippen LogP) is 3.54. The summed E-state index contributed by atoms with van der Waals surface area (Å²) < 4.78 is 5.35. The lowest BCUT2D eigenvalue weighted by atomic mass is 10.0. The first-order valence-corrected chi connectivity index (χ1v) is 5.40. The molecule has 0 bridgehead atoms. The Morgan fingerprint density at radius 2 is 1.94 bits per heavy atom. The molecule has 0 saturated carbocycles. The number of benzene rings is 2. The molecule has 0 aliphatic carbocycles. The van der Waals surface area contributed by atoms with Crippen LogP contribution in [0, 0.1) is 18.3 Å². The van der Waals surface area contributed by atoms with Crippen LogP contribution in [0.1, 0.15) is 11.1 Å². The number of hydrogen-bond donors (Lipinski definition) is 0. The van der Waals surface area contributed by atoms with E-state index in [1.54, 1.807) is 13.2 Å². The fourth-order valence-corrected chi connectivity index (χ4v) is 1.80. The molecule has 0 heterocycles. The van der Waals surface area contributed by atoms with Crippen molar-refractivity contribution >= 4 is 0 Å². The van der Waals surface area contributed by atoms with Gasteiger partial charge in [-0.2, -0.15) is 5.26 Å². The van der Waals surface area contributed by atoms with E-state index in [-0.39, 0.29) is 0 Å². The van der Waals surface area contributed by atoms with Crippen molar-refractivity contribution in [3.8, 4) is 22.9 Å². The molecule has 0 N–H and O–H groups in total. The van der Waals surface area contributed by atoms with Crippen LogP contribution < -0.4 is 4.74 Å². The van der Waals surface area contributed by atoms with Gasteiger partial charge in [0.15, 0.2) is 0 Å². The largest absolute Gasteiger partial charge is 0.496 e. The quantitative estimate of drug-likeness (QED) is 0.780. The van der Waals surface area contributed by atoms with Gasteiger partial charge in [-0.25, -0.2) is 0 Å². The van der Waals surface area contributed by atoms with Gasteiger partial charge in [0, 0.05) is 5.56 Å². The van der Waals surface area contributed by atoms with Crippen LogP contribution in [0.2, 0.25) is 0 Å². The maximum Gasteiger partial charge on any atom is 0.126 e. The van der Waals surface area contributed by atoms with E-state index in [1.807, 2.05) is 37.3 Å². The summed E-state index contributed by atoms with van der Waals surface area (Å²) in [5.74, 6) is 0.825. The van der Waals surface area contributed by atoms with Crippen LogP contribution in [-0.4, -0.2) is 7.11 Å². The SMILES string of the molecule is COc1ccc(C)cc1-c1cccc(C#N)c1. The molecule has 2 aromatic carbocycles. The van der Waals surface area contributed by atoms with Gasteiger partial charge >= 0.3 is 0 Å². The minimum absolute atomic E-state index is 0.658. The van der Waals surface area contributed by atoms with Crippen LogP contribution in [0.3, 0.4) is 0 Å². The minimum Gasteiger partial charge on any atom is -0.496 e. The first-order chi connectivity index (χ1) is 8.24. The van der Waals surface area contributed by atoms with Crippen molar-refractivity contribution in [2.45, 2.75) is 6.92 Å². The average Bonchev–Trinajstić information content (AvgIpc) is 2.39. The van der Waals surface area contributed by atoms with Crippen molar-refractivity contribution in [2.75, 3.05) is 7.11 Å². The molecular formula is C15H13NO. The minimum atomic E-state index is 0.658. The molecule has 17 heavy (non-hydrogen) atoms. The van der Waals surface area contributed by atoms with E-state index in [1.165, 1.54) is 5.56 Å². The maximum absolute atomic E-state index is 8.91. The molecule has 0 atom stereocenters. The summed E-state index contributed by atoms with van der Waals surface area (Å²) in [6.45, 7) is 2.04. The van der Waals surface area contributed by atoms with Crippen LogP contribution >= 0.6 is 0 Å². The first-order valence-electron chi connectivity index (χ1n) is 5.40. The molecule has 0 saturated heterocycles. The number of aryl methyl sites for hydroxylation is 1. The van der Waals surface area contributed by atoms with E-state index < -0.39 is 0 Å². The third-order valence-corrected chi connectivity index (χ3v) is 2.66. The lowest BCUT2D eigenvalue weighted by Gasteiger charge is -2.09. The highest BCUT2D eigenvalue weighted by atomic mass is 16.5. The van der Waals surface area contributed by atoms with Gasteiger partial charge in [-0.3, -0.25) is 0 Å². The first kappa shape index (κ1) is 11.2. The Balaban J connectivity index is 2.59. The molecule has 0 fully saturated rings. The van der Waals surface area contributed by atoms with Gasteiger partial charge in [-0.15, -0.1) is 0 Å². The summed E-state index contributed by atoms with van der Waals surface area (Å²) in [5.41, 5.74) is 3.85. The topological polar surface area (TPSA) is 33.0 Å². The van der Waals surface area contributed by atoms with Crippen LogP contribution in [0.25, 0.3) is 11.1 Å². The number of hydrogen-bond acceptors (Lipinski definition) is 2. The summed E-state index contributed by atoms with van der Waals surface area (Å²) >= 11 is 0. The predicted molar refractivity (Wildman–Crippen MR) is 67.9 cm³/mol. The van der Waals surface area contributed by atoms with E-state index in [0.717, 1.165) is 16.9 Å². The highest BCUT2D eigenvalue weighted by Crippen LogP contribution is 2.31. The van der Waals surface area contributed by atoms with Gasteiger partial charge in [-0.1, -0.05) is 23.8 Å². The summed E-state index contributed by atoms with van der Waals surface area (Å²) in [6.07, 6.45) is 0. The van der Waals surface area contributed by atoms with Gasteiger partial charge < -0.3 is 4.74 Å². The number of nitrogens with zero attached hydrogens (tertiary/aromatic N) is 1. The molecule has 0 radical (unpaired) electrons. The Hall–Kier alpha value is -2.27. The summed E-state index contributed by atoms with van der Waals surface area (Å²) in [4.78, 5) is 0. The molecule has 0 spiro atoms. The van der Waals surface area contributed by atoms with Crippen LogP contribution in [-0.2, 0) is 0 Å². The van der Waals surface area contributed by atoms with E-state index in [9.17, 15) is 0 Å². The highest BCUT2D eigenvalue weighted by molar-refractivity contribution is 5.72. The second-order valence-corrected chi connectivity index (χ2v) is 3.90. The van der Waals surface area contributed by atoms with Crippen LogP contribution in [0.4, 0.5) is 0 Å². The molecule has 84 valence electrons. The highest BCUT2D eigenvalue weighted by Gasteiger charge is 2.06. The summed E-state index contributed by atoms with van der Waals surface area (Å²) in [5, 5.41) is 8.91.